The maximum Gasteiger partial charge on any atom is 0.197 e. The fourth-order valence-corrected chi connectivity index (χ4v) is 6.07. The minimum absolute atomic E-state index is 0.208. The summed E-state index contributed by atoms with van der Waals surface area (Å²) in [6.07, 6.45) is 1.72. The lowest BCUT2D eigenvalue weighted by molar-refractivity contribution is 0.0990. The molecule has 0 spiro atoms. The molecule has 0 saturated heterocycles. The third kappa shape index (κ3) is 3.23. The van der Waals surface area contributed by atoms with E-state index in [-0.39, 0.29) is 17.1 Å². The number of allylic oxidation sites excluding steroid dienone is 1. The molecule has 0 bridgehead atoms. The molecule has 7 rings (SSSR count). The maximum atomic E-state index is 13.1. The third-order valence-corrected chi connectivity index (χ3v) is 7.89. The van der Waals surface area contributed by atoms with Gasteiger partial charge in [-0.15, -0.1) is 0 Å². The van der Waals surface area contributed by atoms with Crippen molar-refractivity contribution in [2.75, 3.05) is 4.90 Å². The molecule has 170 valence electrons. The number of rotatable bonds is 2. The van der Waals surface area contributed by atoms with Crippen LogP contribution in [0, 0.1) is 0 Å². The molecule has 4 heteroatoms. The highest BCUT2D eigenvalue weighted by atomic mass is 32.2. The summed E-state index contributed by atoms with van der Waals surface area (Å²) in [6, 6.07) is 36.2. The number of para-hydroxylation sites is 2. The molecule has 1 aliphatic carbocycles. The first-order valence-corrected chi connectivity index (χ1v) is 12.6. The molecule has 5 aromatic carbocycles. The average Bonchev–Trinajstić information content (AvgIpc) is 3.15. The molecular weight excluding hydrogens is 462 g/mol. The van der Waals surface area contributed by atoms with Crippen LogP contribution < -0.4 is 4.90 Å². The Balaban J connectivity index is 1.26. The molecule has 3 nitrogen and oxygen atoms in total. The summed E-state index contributed by atoms with van der Waals surface area (Å²) in [7, 11) is 0. The smallest absolute Gasteiger partial charge is 0.197 e. The second-order valence-electron chi connectivity index (χ2n) is 8.93. The molecule has 0 atom stereocenters. The normalized spacial score (nSPS) is 14.0. The van der Waals surface area contributed by atoms with Crippen molar-refractivity contribution in [3.8, 4) is 0 Å². The van der Waals surface area contributed by atoms with E-state index in [9.17, 15) is 9.59 Å². The van der Waals surface area contributed by atoms with Gasteiger partial charge in [-0.2, -0.15) is 0 Å². The van der Waals surface area contributed by atoms with Gasteiger partial charge in [0.05, 0.1) is 16.9 Å². The van der Waals surface area contributed by atoms with Crippen molar-refractivity contribution in [1.82, 2.24) is 0 Å². The van der Waals surface area contributed by atoms with Crippen molar-refractivity contribution >= 4 is 57.2 Å². The molecule has 0 aromatic heterocycles. The predicted molar refractivity (Wildman–Crippen MR) is 146 cm³/mol. The zero-order valence-electron chi connectivity index (χ0n) is 19.1. The number of hydrogen-bond acceptors (Lipinski definition) is 4. The summed E-state index contributed by atoms with van der Waals surface area (Å²) in [5, 5.41) is 1.92. The van der Waals surface area contributed by atoms with Crippen LogP contribution in [0.25, 0.3) is 16.8 Å². The van der Waals surface area contributed by atoms with Crippen LogP contribution in [0.5, 0.6) is 0 Å². The topological polar surface area (TPSA) is 37.4 Å². The Bertz CT molecular complexity index is 1650. The number of hydrogen-bond donors (Lipinski definition) is 0. The Kier molecular flexibility index (Phi) is 4.69. The highest BCUT2D eigenvalue weighted by Gasteiger charge is 2.33. The van der Waals surface area contributed by atoms with Crippen LogP contribution >= 0.6 is 11.8 Å². The van der Waals surface area contributed by atoms with Crippen LogP contribution in [-0.2, 0) is 0 Å². The lowest BCUT2D eigenvalue weighted by atomic mass is 10.0. The van der Waals surface area contributed by atoms with Crippen molar-refractivity contribution < 1.29 is 9.59 Å². The summed E-state index contributed by atoms with van der Waals surface area (Å²) in [4.78, 5) is 31.0. The number of fused-ring (bicyclic) bond motifs is 4. The van der Waals surface area contributed by atoms with Crippen molar-refractivity contribution in [2.24, 2.45) is 0 Å². The Morgan fingerprint density at radius 3 is 1.64 bits per heavy atom. The Morgan fingerprint density at radius 2 is 1.08 bits per heavy atom. The number of ketones is 2. The predicted octanol–water partition coefficient (Wildman–Crippen LogP) is 8.24. The van der Waals surface area contributed by atoms with E-state index in [0.717, 1.165) is 33.4 Å². The van der Waals surface area contributed by atoms with E-state index in [0.29, 0.717) is 11.1 Å². The van der Waals surface area contributed by atoms with Gasteiger partial charge in [-0.3, -0.25) is 9.59 Å². The molecule has 36 heavy (non-hydrogen) atoms. The molecule has 0 amide bonds. The summed E-state index contributed by atoms with van der Waals surface area (Å²) in [6.45, 7) is 0. The van der Waals surface area contributed by atoms with E-state index in [2.05, 4.69) is 53.4 Å². The van der Waals surface area contributed by atoms with Crippen molar-refractivity contribution in [1.29, 1.82) is 0 Å². The van der Waals surface area contributed by atoms with Gasteiger partial charge in [0, 0.05) is 26.6 Å². The monoisotopic (exact) mass is 481 g/mol. The highest BCUT2D eigenvalue weighted by molar-refractivity contribution is 7.99. The first-order valence-electron chi connectivity index (χ1n) is 11.8. The van der Waals surface area contributed by atoms with Gasteiger partial charge in [-0.1, -0.05) is 72.4 Å². The van der Waals surface area contributed by atoms with Gasteiger partial charge in [-0.05, 0) is 70.9 Å². The van der Waals surface area contributed by atoms with Crippen LogP contribution in [0.4, 0.5) is 17.1 Å². The highest BCUT2D eigenvalue weighted by Crippen LogP contribution is 2.51. The summed E-state index contributed by atoms with van der Waals surface area (Å²) in [5.74, 6) is -0.415. The van der Waals surface area contributed by atoms with Gasteiger partial charge in [0.2, 0.25) is 0 Å². The summed E-state index contributed by atoms with van der Waals surface area (Å²) < 4.78 is 0. The van der Waals surface area contributed by atoms with Crippen molar-refractivity contribution in [2.45, 2.75) is 9.79 Å². The van der Waals surface area contributed by atoms with Crippen LogP contribution in [0.1, 0.15) is 26.3 Å². The molecule has 0 unspecified atom stereocenters. The number of Topliss-reactive ketones (excluding diaryl/α,β-unsaturated/α-hetero) is 2. The van der Waals surface area contributed by atoms with Gasteiger partial charge < -0.3 is 4.90 Å². The fraction of sp³-hybridized carbons (Fsp3) is 0. The minimum Gasteiger partial charge on any atom is -0.308 e. The molecular formula is C32H19NO2S. The fourth-order valence-electron chi connectivity index (χ4n) is 5.01. The number of carbonyl (C=O) groups is 2. The molecule has 0 saturated carbocycles. The van der Waals surface area contributed by atoms with Crippen LogP contribution in [0.2, 0.25) is 0 Å². The van der Waals surface area contributed by atoms with Gasteiger partial charge in [-0.25, -0.2) is 0 Å². The number of anilines is 3. The molecule has 1 aliphatic heterocycles. The number of carbonyl (C=O) groups excluding carboxylic acids is 2. The van der Waals surface area contributed by atoms with E-state index >= 15 is 0 Å². The molecule has 2 aliphatic rings. The molecule has 0 radical (unpaired) electrons. The third-order valence-electron chi connectivity index (χ3n) is 6.76. The van der Waals surface area contributed by atoms with E-state index < -0.39 is 0 Å². The van der Waals surface area contributed by atoms with Gasteiger partial charge in [0.1, 0.15) is 0 Å². The standard InChI is InChI=1S/C32H19NO2S/c34-31-24-18-21-7-1-2-8-22(21)19-25(24)32(35)26(31)17-20-13-15-23(16-14-20)33-27-9-3-5-11-29(27)36-30-12-6-4-10-28(30)33/h1-19H. The Morgan fingerprint density at radius 1 is 0.583 bits per heavy atom. The van der Waals surface area contributed by atoms with E-state index in [1.165, 1.54) is 9.79 Å². The SMILES string of the molecule is O=C1C(=Cc2ccc(N3c4ccccc4Sc4ccccc43)cc2)C(=O)c2cc3ccccc3cc21. The zero-order chi connectivity index (χ0) is 24.2. The first-order chi connectivity index (χ1) is 17.7. The second kappa shape index (κ2) is 8.08. The second-order valence-corrected chi connectivity index (χ2v) is 10.0. The van der Waals surface area contributed by atoms with Gasteiger partial charge in [0.25, 0.3) is 0 Å². The van der Waals surface area contributed by atoms with Crippen molar-refractivity contribution in [3.63, 3.8) is 0 Å². The number of nitrogens with zero attached hydrogens (tertiary/aromatic N) is 1. The molecule has 0 fully saturated rings. The van der Waals surface area contributed by atoms with Crippen LogP contribution in [0.3, 0.4) is 0 Å². The van der Waals surface area contributed by atoms with Gasteiger partial charge in [0.15, 0.2) is 11.6 Å². The van der Waals surface area contributed by atoms with E-state index in [4.69, 9.17) is 0 Å². The Labute approximate surface area is 212 Å². The van der Waals surface area contributed by atoms with Crippen LogP contribution in [-0.4, -0.2) is 11.6 Å². The Hall–Kier alpha value is -4.41. The zero-order valence-corrected chi connectivity index (χ0v) is 20.0. The summed E-state index contributed by atoms with van der Waals surface area (Å²) in [5.41, 5.74) is 5.31. The lowest BCUT2D eigenvalue weighted by Crippen LogP contribution is -2.14. The number of benzene rings is 5. The van der Waals surface area contributed by atoms with E-state index in [1.54, 1.807) is 17.8 Å². The molecule has 0 N–H and O–H groups in total. The summed E-state index contributed by atoms with van der Waals surface area (Å²) >= 11 is 1.77. The minimum atomic E-state index is -0.208. The first kappa shape index (κ1) is 20.9. The quantitative estimate of drug-likeness (QED) is 0.184. The maximum absolute atomic E-state index is 13.1. The average molecular weight is 482 g/mol. The largest absolute Gasteiger partial charge is 0.308 e. The van der Waals surface area contributed by atoms with Crippen LogP contribution in [0.15, 0.2) is 125 Å². The lowest BCUT2D eigenvalue weighted by Gasteiger charge is -2.32. The van der Waals surface area contributed by atoms with Crippen molar-refractivity contribution in [3.05, 3.63) is 131 Å². The molecule has 5 aromatic rings. The van der Waals surface area contributed by atoms with Gasteiger partial charge >= 0.3 is 0 Å². The molecule has 1 heterocycles. The van der Waals surface area contributed by atoms with E-state index in [1.807, 2.05) is 60.7 Å².